The molecular weight excluding hydrogens is 379 g/mol. The maximum Gasteiger partial charge on any atom is 0.313 e. The van der Waals surface area contributed by atoms with E-state index in [0.717, 1.165) is 5.69 Å². The molecule has 0 radical (unpaired) electrons. The van der Waals surface area contributed by atoms with E-state index in [1.165, 1.54) is 23.5 Å². The van der Waals surface area contributed by atoms with Gasteiger partial charge in [0.15, 0.2) is 0 Å². The van der Waals surface area contributed by atoms with Crippen molar-refractivity contribution in [2.45, 2.75) is 6.42 Å². The third kappa shape index (κ3) is 4.78. The minimum atomic E-state index is -0.846. The molecule has 1 aromatic heterocycles. The van der Waals surface area contributed by atoms with Gasteiger partial charge in [-0.05, 0) is 24.3 Å². The van der Waals surface area contributed by atoms with E-state index in [1.807, 2.05) is 11.4 Å². The molecule has 28 heavy (non-hydrogen) atoms. The first-order valence-electron chi connectivity index (χ1n) is 8.35. The summed E-state index contributed by atoms with van der Waals surface area (Å²) in [5, 5.41) is 16.5. The molecule has 0 aliphatic heterocycles. The van der Waals surface area contributed by atoms with Crippen LogP contribution in [0.1, 0.15) is 11.3 Å². The summed E-state index contributed by atoms with van der Waals surface area (Å²) >= 11 is 1.38. The Morgan fingerprint density at radius 2 is 1.96 bits per heavy atom. The lowest BCUT2D eigenvalue weighted by molar-refractivity contribution is -0.136. The van der Waals surface area contributed by atoms with Gasteiger partial charge in [-0.1, -0.05) is 24.3 Å². The molecular formula is C20H15FN4O2S. The van der Waals surface area contributed by atoms with Crippen LogP contribution in [0, 0.1) is 17.1 Å². The molecule has 2 amide bonds. The van der Waals surface area contributed by atoms with Crippen LogP contribution in [-0.4, -0.2) is 23.3 Å². The molecule has 0 aliphatic carbocycles. The van der Waals surface area contributed by atoms with Crippen LogP contribution in [0.3, 0.4) is 0 Å². The lowest BCUT2D eigenvalue weighted by Gasteiger charge is -2.07. The number of carbonyl (C=O) groups excluding carboxylic acids is 2. The molecule has 3 rings (SSSR count). The minimum absolute atomic E-state index is 0.221. The van der Waals surface area contributed by atoms with Crippen LogP contribution in [0.5, 0.6) is 0 Å². The number of anilines is 1. The van der Waals surface area contributed by atoms with Crippen LogP contribution < -0.4 is 10.6 Å². The number of hydrogen-bond acceptors (Lipinski definition) is 5. The van der Waals surface area contributed by atoms with Gasteiger partial charge in [0, 0.05) is 23.9 Å². The molecule has 2 aromatic carbocycles. The Kier molecular flexibility index (Phi) is 6.09. The van der Waals surface area contributed by atoms with Gasteiger partial charge in [0.2, 0.25) is 0 Å². The van der Waals surface area contributed by atoms with E-state index < -0.39 is 11.8 Å². The molecule has 0 unspecified atom stereocenters. The molecule has 2 N–H and O–H groups in total. The lowest BCUT2D eigenvalue weighted by atomic mass is 10.2. The highest BCUT2D eigenvalue weighted by Gasteiger charge is 2.15. The molecule has 0 saturated carbocycles. The van der Waals surface area contributed by atoms with Gasteiger partial charge in [0.25, 0.3) is 0 Å². The van der Waals surface area contributed by atoms with Gasteiger partial charge in [-0.15, -0.1) is 11.3 Å². The summed E-state index contributed by atoms with van der Waals surface area (Å²) in [6.45, 7) is 0.221. The molecule has 140 valence electrons. The van der Waals surface area contributed by atoms with Crippen LogP contribution >= 0.6 is 11.3 Å². The van der Waals surface area contributed by atoms with E-state index in [2.05, 4.69) is 15.6 Å². The lowest BCUT2D eigenvalue weighted by Crippen LogP contribution is -2.36. The summed E-state index contributed by atoms with van der Waals surface area (Å²) in [5.74, 6) is -1.97. The normalized spacial score (nSPS) is 10.1. The highest BCUT2D eigenvalue weighted by Crippen LogP contribution is 2.24. The summed E-state index contributed by atoms with van der Waals surface area (Å²) in [6.07, 6.45) is 0.430. The molecule has 3 aromatic rings. The van der Waals surface area contributed by atoms with Crippen molar-refractivity contribution in [2.24, 2.45) is 0 Å². The fraction of sp³-hybridized carbons (Fsp3) is 0.100. The third-order valence-corrected chi connectivity index (χ3v) is 4.73. The molecule has 0 bridgehead atoms. The maximum atomic E-state index is 13.3. The topological polar surface area (TPSA) is 94.9 Å². The van der Waals surface area contributed by atoms with Gasteiger partial charge in [-0.25, -0.2) is 9.37 Å². The molecule has 8 heteroatoms. The summed E-state index contributed by atoms with van der Waals surface area (Å²) < 4.78 is 13.3. The van der Waals surface area contributed by atoms with Gasteiger partial charge in [0.05, 0.1) is 16.9 Å². The Labute approximate surface area is 164 Å². The Balaban J connectivity index is 1.52. The van der Waals surface area contributed by atoms with Gasteiger partial charge < -0.3 is 10.6 Å². The smallest absolute Gasteiger partial charge is 0.313 e. The number of rotatable bonds is 5. The SMILES string of the molecule is N#Cc1ccccc1NC(=O)C(=O)NCCc1csc(-c2cccc(F)c2)n1. The van der Waals surface area contributed by atoms with Crippen molar-refractivity contribution < 1.29 is 14.0 Å². The summed E-state index contributed by atoms with van der Waals surface area (Å²) in [7, 11) is 0. The van der Waals surface area contributed by atoms with E-state index in [9.17, 15) is 14.0 Å². The number of carbonyl (C=O) groups is 2. The van der Waals surface area contributed by atoms with Crippen LogP contribution in [0.4, 0.5) is 10.1 Å². The minimum Gasteiger partial charge on any atom is -0.347 e. The maximum absolute atomic E-state index is 13.3. The number of benzene rings is 2. The number of nitrogens with zero attached hydrogens (tertiary/aromatic N) is 2. The predicted molar refractivity (Wildman–Crippen MR) is 104 cm³/mol. The fourth-order valence-corrected chi connectivity index (χ4v) is 3.28. The first-order valence-corrected chi connectivity index (χ1v) is 9.23. The van der Waals surface area contributed by atoms with Crippen LogP contribution in [-0.2, 0) is 16.0 Å². The molecule has 6 nitrogen and oxygen atoms in total. The number of nitrogens with one attached hydrogen (secondary N) is 2. The Morgan fingerprint density at radius 3 is 2.75 bits per heavy atom. The van der Waals surface area contributed by atoms with Crippen molar-refractivity contribution in [1.82, 2.24) is 10.3 Å². The summed E-state index contributed by atoms with van der Waals surface area (Å²) in [6, 6.07) is 14.5. The zero-order valence-electron chi connectivity index (χ0n) is 14.6. The number of aromatic nitrogens is 1. The van der Waals surface area contributed by atoms with Gasteiger partial charge >= 0.3 is 11.8 Å². The summed E-state index contributed by atoms with van der Waals surface area (Å²) in [4.78, 5) is 28.3. The van der Waals surface area contributed by atoms with Gasteiger partial charge in [-0.2, -0.15) is 5.26 Å². The zero-order valence-corrected chi connectivity index (χ0v) is 15.4. The molecule has 0 fully saturated rings. The van der Waals surface area contributed by atoms with Crippen molar-refractivity contribution >= 4 is 28.8 Å². The second kappa shape index (κ2) is 8.88. The average molecular weight is 394 g/mol. The number of halogens is 1. The Bertz CT molecular complexity index is 1060. The van der Waals surface area contributed by atoms with Gasteiger partial charge in [0.1, 0.15) is 16.9 Å². The Hall–Kier alpha value is -3.57. The third-order valence-electron chi connectivity index (χ3n) is 3.79. The van der Waals surface area contributed by atoms with Crippen molar-refractivity contribution in [2.75, 3.05) is 11.9 Å². The molecule has 0 aliphatic rings. The van der Waals surface area contributed by atoms with E-state index in [1.54, 1.807) is 36.4 Å². The molecule has 1 heterocycles. The average Bonchev–Trinajstić information content (AvgIpc) is 3.17. The van der Waals surface area contributed by atoms with E-state index in [4.69, 9.17) is 5.26 Å². The second-order valence-corrected chi connectivity index (χ2v) is 6.63. The number of amides is 2. The molecule has 0 spiro atoms. The van der Waals surface area contributed by atoms with Crippen LogP contribution in [0.2, 0.25) is 0 Å². The molecule has 0 atom stereocenters. The van der Waals surface area contributed by atoms with Crippen molar-refractivity contribution in [3.05, 3.63) is 71.0 Å². The van der Waals surface area contributed by atoms with Crippen molar-refractivity contribution in [3.63, 3.8) is 0 Å². The first kappa shape index (κ1) is 19.2. The largest absolute Gasteiger partial charge is 0.347 e. The Morgan fingerprint density at radius 1 is 1.14 bits per heavy atom. The second-order valence-electron chi connectivity index (χ2n) is 5.77. The standard InChI is InChI=1S/C20H15FN4O2S/c21-15-6-3-5-13(10-15)20-24-16(12-28-20)8-9-23-18(26)19(27)25-17-7-2-1-4-14(17)11-22/h1-7,10,12H,8-9H2,(H,23,26)(H,25,27). The number of para-hydroxylation sites is 1. The van der Waals surface area contributed by atoms with Crippen LogP contribution in [0.25, 0.3) is 10.6 Å². The monoisotopic (exact) mass is 394 g/mol. The number of hydrogen-bond donors (Lipinski definition) is 2. The number of thiazole rings is 1. The zero-order chi connectivity index (χ0) is 19.9. The quantitative estimate of drug-likeness (QED) is 0.650. The first-order chi connectivity index (χ1) is 13.6. The van der Waals surface area contributed by atoms with E-state index in [-0.39, 0.29) is 23.6 Å². The summed E-state index contributed by atoms with van der Waals surface area (Å²) in [5.41, 5.74) is 1.98. The highest BCUT2D eigenvalue weighted by molar-refractivity contribution is 7.13. The van der Waals surface area contributed by atoms with Crippen molar-refractivity contribution in [3.8, 4) is 16.6 Å². The van der Waals surface area contributed by atoms with Gasteiger partial charge in [-0.3, -0.25) is 9.59 Å². The fourth-order valence-electron chi connectivity index (χ4n) is 2.43. The number of nitriles is 1. The van der Waals surface area contributed by atoms with Crippen LogP contribution in [0.15, 0.2) is 53.9 Å². The van der Waals surface area contributed by atoms with E-state index >= 15 is 0 Å². The molecule has 0 saturated heterocycles. The highest BCUT2D eigenvalue weighted by atomic mass is 32.1. The predicted octanol–water partition coefficient (Wildman–Crippen LogP) is 3.12. The van der Waals surface area contributed by atoms with E-state index in [0.29, 0.717) is 17.0 Å². The van der Waals surface area contributed by atoms with Crippen molar-refractivity contribution in [1.29, 1.82) is 5.26 Å².